The second kappa shape index (κ2) is 9.27. The third-order valence-electron chi connectivity index (χ3n) is 5.77. The third kappa shape index (κ3) is 4.02. The summed E-state index contributed by atoms with van der Waals surface area (Å²) in [5.74, 6) is 1.65. The summed E-state index contributed by atoms with van der Waals surface area (Å²) in [7, 11) is 1.74. The first kappa shape index (κ1) is 21.5. The van der Waals surface area contributed by atoms with Gasteiger partial charge in [0.25, 0.3) is 0 Å². The number of benzene rings is 2. The Balaban J connectivity index is 0.00000101. The van der Waals surface area contributed by atoms with Crippen LogP contribution in [-0.2, 0) is 6.42 Å². The molecule has 0 spiro atoms. The molecule has 0 radical (unpaired) electrons. The molecule has 25 heavy (non-hydrogen) atoms. The lowest BCUT2D eigenvalue weighted by molar-refractivity contribution is 0.190. The Hall–Kier alpha value is -1.50. The van der Waals surface area contributed by atoms with E-state index in [4.69, 9.17) is 4.74 Å². The SMILES string of the molecule is C.CC.CCCC1(C)CCc2c(ccc3cc(OC)ccc23)C1CC. The van der Waals surface area contributed by atoms with Crippen LogP contribution in [0, 0.1) is 5.41 Å². The number of aryl methyl sites for hydroxylation is 1. The molecule has 2 atom stereocenters. The summed E-state index contributed by atoms with van der Waals surface area (Å²) in [6.07, 6.45) is 6.40. The first-order valence-electron chi connectivity index (χ1n) is 9.72. The molecule has 0 saturated carbocycles. The fraction of sp³-hybridized carbons (Fsp3) is 0.583. The fourth-order valence-electron chi connectivity index (χ4n) is 4.66. The van der Waals surface area contributed by atoms with Gasteiger partial charge < -0.3 is 4.74 Å². The van der Waals surface area contributed by atoms with Crippen molar-refractivity contribution in [1.29, 1.82) is 0 Å². The minimum Gasteiger partial charge on any atom is -0.497 e. The Kier molecular flexibility index (Phi) is 7.99. The lowest BCUT2D eigenvalue weighted by Crippen LogP contribution is -2.31. The summed E-state index contributed by atoms with van der Waals surface area (Å²) < 4.78 is 5.37. The van der Waals surface area contributed by atoms with E-state index in [1.165, 1.54) is 42.9 Å². The van der Waals surface area contributed by atoms with Crippen LogP contribution in [0.25, 0.3) is 10.8 Å². The Morgan fingerprint density at radius 2 is 1.84 bits per heavy atom. The lowest BCUT2D eigenvalue weighted by atomic mass is 9.61. The normalized spacial score (nSPS) is 21.6. The first-order valence-corrected chi connectivity index (χ1v) is 9.72. The van der Waals surface area contributed by atoms with Crippen molar-refractivity contribution >= 4 is 10.8 Å². The Morgan fingerprint density at radius 1 is 1.12 bits per heavy atom. The molecule has 140 valence electrons. The van der Waals surface area contributed by atoms with Gasteiger partial charge in [0.05, 0.1) is 7.11 Å². The minimum atomic E-state index is 0. The summed E-state index contributed by atoms with van der Waals surface area (Å²) in [5, 5.41) is 2.74. The standard InChI is InChI=1S/C21H28O.C2H6.CH4/c1-5-12-21(3)13-11-18-17-10-8-16(22-4)14-15(17)7-9-19(18)20(21)6-2;1-2;/h7-10,14,20H,5-6,11-13H2,1-4H3;1-2H3;1H4. The number of fused-ring (bicyclic) bond motifs is 3. The number of methoxy groups -OCH3 is 1. The lowest BCUT2D eigenvalue weighted by Gasteiger charge is -2.43. The van der Waals surface area contributed by atoms with Gasteiger partial charge in [0.1, 0.15) is 5.75 Å². The third-order valence-corrected chi connectivity index (χ3v) is 5.77. The summed E-state index contributed by atoms with van der Waals surface area (Å²) in [5.41, 5.74) is 3.65. The maximum Gasteiger partial charge on any atom is 0.119 e. The second-order valence-electron chi connectivity index (χ2n) is 7.09. The van der Waals surface area contributed by atoms with Gasteiger partial charge in [0.2, 0.25) is 0 Å². The van der Waals surface area contributed by atoms with Crippen LogP contribution in [0.5, 0.6) is 5.75 Å². The molecule has 0 N–H and O–H groups in total. The zero-order valence-electron chi connectivity index (χ0n) is 16.4. The Morgan fingerprint density at radius 3 is 2.44 bits per heavy atom. The molecule has 0 saturated heterocycles. The number of hydrogen-bond acceptors (Lipinski definition) is 1. The van der Waals surface area contributed by atoms with Crippen LogP contribution in [0.4, 0.5) is 0 Å². The summed E-state index contributed by atoms with van der Waals surface area (Å²) >= 11 is 0. The molecule has 1 nitrogen and oxygen atoms in total. The molecule has 0 aromatic heterocycles. The van der Waals surface area contributed by atoms with Gasteiger partial charge in [-0.15, -0.1) is 0 Å². The summed E-state index contributed by atoms with van der Waals surface area (Å²) in [6, 6.07) is 11.2. The molecular weight excluding hydrogens is 304 g/mol. The van der Waals surface area contributed by atoms with Crippen molar-refractivity contribution in [1.82, 2.24) is 0 Å². The van der Waals surface area contributed by atoms with Crippen LogP contribution in [-0.4, -0.2) is 7.11 Å². The van der Waals surface area contributed by atoms with Crippen molar-refractivity contribution in [2.45, 2.75) is 80.1 Å². The molecule has 0 aliphatic heterocycles. The predicted octanol–water partition coefficient (Wildman–Crippen LogP) is 7.76. The average molecular weight is 343 g/mol. The van der Waals surface area contributed by atoms with E-state index in [0.29, 0.717) is 11.3 Å². The molecule has 1 heteroatoms. The van der Waals surface area contributed by atoms with Crippen LogP contribution in [0.1, 0.15) is 84.8 Å². The van der Waals surface area contributed by atoms with Crippen molar-refractivity contribution in [3.8, 4) is 5.75 Å². The van der Waals surface area contributed by atoms with E-state index in [0.717, 1.165) is 5.75 Å². The molecule has 2 aromatic rings. The first-order chi connectivity index (χ1) is 11.6. The predicted molar refractivity (Wildman–Crippen MR) is 113 cm³/mol. The van der Waals surface area contributed by atoms with E-state index >= 15 is 0 Å². The zero-order valence-corrected chi connectivity index (χ0v) is 16.4. The van der Waals surface area contributed by atoms with Crippen molar-refractivity contribution in [3.63, 3.8) is 0 Å². The highest BCUT2D eigenvalue weighted by atomic mass is 16.5. The topological polar surface area (TPSA) is 9.23 Å². The van der Waals surface area contributed by atoms with Crippen molar-refractivity contribution in [2.24, 2.45) is 5.41 Å². The van der Waals surface area contributed by atoms with E-state index in [1.54, 1.807) is 18.2 Å². The maximum absolute atomic E-state index is 5.37. The molecule has 2 aromatic carbocycles. The van der Waals surface area contributed by atoms with Gasteiger partial charge in [-0.2, -0.15) is 0 Å². The van der Waals surface area contributed by atoms with Gasteiger partial charge in [0.15, 0.2) is 0 Å². The zero-order chi connectivity index (χ0) is 17.7. The van der Waals surface area contributed by atoms with Gasteiger partial charge in [-0.1, -0.05) is 66.7 Å². The average Bonchev–Trinajstić information content (AvgIpc) is 2.62. The molecule has 0 fully saturated rings. The monoisotopic (exact) mass is 342 g/mol. The summed E-state index contributed by atoms with van der Waals surface area (Å²) in [4.78, 5) is 0. The van der Waals surface area contributed by atoms with E-state index in [1.807, 2.05) is 13.8 Å². The van der Waals surface area contributed by atoms with Gasteiger partial charge in [-0.05, 0) is 71.0 Å². The van der Waals surface area contributed by atoms with Crippen LogP contribution in [0.2, 0.25) is 0 Å². The van der Waals surface area contributed by atoms with E-state index < -0.39 is 0 Å². The van der Waals surface area contributed by atoms with Gasteiger partial charge in [-0.3, -0.25) is 0 Å². The number of rotatable bonds is 4. The van der Waals surface area contributed by atoms with Crippen LogP contribution in [0.3, 0.4) is 0 Å². The number of hydrogen-bond donors (Lipinski definition) is 0. The molecule has 1 aliphatic rings. The smallest absolute Gasteiger partial charge is 0.119 e. The highest BCUT2D eigenvalue weighted by Crippen LogP contribution is 2.51. The quantitative estimate of drug-likeness (QED) is 0.551. The second-order valence-corrected chi connectivity index (χ2v) is 7.09. The Bertz CT molecular complexity index is 673. The minimum absolute atomic E-state index is 0. The molecule has 1 aliphatic carbocycles. The molecule has 2 unspecified atom stereocenters. The van der Waals surface area contributed by atoms with Crippen LogP contribution in [0.15, 0.2) is 30.3 Å². The van der Waals surface area contributed by atoms with Crippen LogP contribution < -0.4 is 4.74 Å². The highest BCUT2D eigenvalue weighted by molar-refractivity contribution is 5.88. The molecule has 0 amide bonds. The highest BCUT2D eigenvalue weighted by Gasteiger charge is 2.38. The van der Waals surface area contributed by atoms with Gasteiger partial charge >= 0.3 is 0 Å². The molecular formula is C24H38O. The van der Waals surface area contributed by atoms with E-state index in [-0.39, 0.29) is 7.43 Å². The molecule has 0 bridgehead atoms. The Labute approximate surface area is 155 Å². The maximum atomic E-state index is 5.37. The van der Waals surface area contributed by atoms with E-state index in [2.05, 4.69) is 51.1 Å². The number of ether oxygens (including phenoxy) is 1. The van der Waals surface area contributed by atoms with E-state index in [9.17, 15) is 0 Å². The van der Waals surface area contributed by atoms with Crippen molar-refractivity contribution < 1.29 is 4.74 Å². The fourth-order valence-corrected chi connectivity index (χ4v) is 4.66. The van der Waals surface area contributed by atoms with Crippen molar-refractivity contribution in [3.05, 3.63) is 41.5 Å². The van der Waals surface area contributed by atoms with Crippen molar-refractivity contribution in [2.75, 3.05) is 7.11 Å². The molecule has 3 rings (SSSR count). The molecule has 0 heterocycles. The van der Waals surface area contributed by atoms with Gasteiger partial charge in [-0.25, -0.2) is 0 Å². The van der Waals surface area contributed by atoms with Gasteiger partial charge in [0, 0.05) is 0 Å². The summed E-state index contributed by atoms with van der Waals surface area (Å²) in [6.45, 7) is 11.2. The largest absolute Gasteiger partial charge is 0.497 e. The van der Waals surface area contributed by atoms with Crippen LogP contribution >= 0.6 is 0 Å².